The predicted octanol–water partition coefficient (Wildman–Crippen LogP) is 3.09. The number of benzene rings is 1. The lowest BCUT2D eigenvalue weighted by Gasteiger charge is -2.19. The Labute approximate surface area is 174 Å². The Morgan fingerprint density at radius 3 is 2.62 bits per heavy atom. The predicted molar refractivity (Wildman–Crippen MR) is 111 cm³/mol. The molecule has 0 bridgehead atoms. The van der Waals surface area contributed by atoms with Crippen molar-refractivity contribution in [3.63, 3.8) is 0 Å². The molecule has 1 heterocycles. The molecule has 1 aliphatic carbocycles. The molecule has 1 aromatic heterocycles. The molecule has 0 saturated carbocycles. The van der Waals surface area contributed by atoms with E-state index in [0.717, 1.165) is 25.7 Å². The number of nitrogens with one attached hydrogen (secondary N) is 1. The summed E-state index contributed by atoms with van der Waals surface area (Å²) in [7, 11) is -3.80. The van der Waals surface area contributed by atoms with E-state index < -0.39 is 28.0 Å². The monoisotopic (exact) mass is 436 g/mol. The zero-order valence-electron chi connectivity index (χ0n) is 16.3. The van der Waals surface area contributed by atoms with Crippen molar-refractivity contribution in [2.75, 3.05) is 5.32 Å². The first-order chi connectivity index (χ1) is 13.7. The Kier molecular flexibility index (Phi) is 6.40. The topological polar surface area (TPSA) is 116 Å². The number of amides is 1. The summed E-state index contributed by atoms with van der Waals surface area (Å²) in [5, 5.41) is 7.64. The van der Waals surface area contributed by atoms with Gasteiger partial charge in [0.25, 0.3) is 5.91 Å². The SMILES string of the molecule is CC[C@@H]1CCc2sc(C(=O)O[C@@H](C)C(=O)Nc3ccc(S(N)(=O)=O)cc3)cc2C1. The third-order valence-corrected chi connectivity index (χ3v) is 7.21. The van der Waals surface area contributed by atoms with Gasteiger partial charge in [-0.2, -0.15) is 0 Å². The third-order valence-electron chi connectivity index (χ3n) is 5.07. The second-order valence-corrected chi connectivity index (χ2v) is 9.88. The summed E-state index contributed by atoms with van der Waals surface area (Å²) >= 11 is 1.44. The lowest BCUT2D eigenvalue weighted by atomic mass is 9.87. The summed E-state index contributed by atoms with van der Waals surface area (Å²) in [6.07, 6.45) is 3.24. The molecule has 0 aliphatic heterocycles. The minimum atomic E-state index is -3.80. The molecule has 0 fully saturated rings. The number of carbonyl (C=O) groups excluding carboxylic acids is 2. The fourth-order valence-electron chi connectivity index (χ4n) is 3.29. The smallest absolute Gasteiger partial charge is 0.349 e. The van der Waals surface area contributed by atoms with Crippen LogP contribution in [0.2, 0.25) is 0 Å². The van der Waals surface area contributed by atoms with Gasteiger partial charge in [-0.05, 0) is 68.0 Å². The zero-order valence-corrected chi connectivity index (χ0v) is 17.9. The number of aryl methyl sites for hydroxylation is 1. The van der Waals surface area contributed by atoms with Crippen LogP contribution in [0.3, 0.4) is 0 Å². The average molecular weight is 437 g/mol. The van der Waals surface area contributed by atoms with Crippen LogP contribution in [0.1, 0.15) is 46.8 Å². The molecular weight excluding hydrogens is 412 g/mol. The fourth-order valence-corrected chi connectivity index (χ4v) is 4.90. The molecule has 156 valence electrons. The Hall–Kier alpha value is -2.23. The number of esters is 1. The molecular formula is C20H24N2O5S2. The van der Waals surface area contributed by atoms with E-state index in [4.69, 9.17) is 9.88 Å². The molecule has 1 aromatic carbocycles. The van der Waals surface area contributed by atoms with Gasteiger partial charge in [0.05, 0.1) is 4.90 Å². The summed E-state index contributed by atoms with van der Waals surface area (Å²) in [5.74, 6) is -0.356. The summed E-state index contributed by atoms with van der Waals surface area (Å²) in [4.78, 5) is 26.5. The van der Waals surface area contributed by atoms with Crippen LogP contribution >= 0.6 is 11.3 Å². The van der Waals surface area contributed by atoms with Crippen LogP contribution in [0, 0.1) is 5.92 Å². The van der Waals surface area contributed by atoms with E-state index in [-0.39, 0.29) is 4.90 Å². The minimum Gasteiger partial charge on any atom is -0.448 e. The van der Waals surface area contributed by atoms with Gasteiger partial charge in [0.1, 0.15) is 4.88 Å². The van der Waals surface area contributed by atoms with Crippen LogP contribution in [0.4, 0.5) is 5.69 Å². The largest absolute Gasteiger partial charge is 0.448 e. The highest BCUT2D eigenvalue weighted by Crippen LogP contribution is 2.34. The Morgan fingerprint density at radius 1 is 1.31 bits per heavy atom. The first kappa shape index (κ1) is 21.5. The van der Waals surface area contributed by atoms with E-state index in [2.05, 4.69) is 12.2 Å². The van der Waals surface area contributed by atoms with Gasteiger partial charge in [-0.15, -0.1) is 11.3 Å². The number of ether oxygens (including phenoxy) is 1. The summed E-state index contributed by atoms with van der Waals surface area (Å²) in [5.41, 5.74) is 1.59. The molecule has 7 nitrogen and oxygen atoms in total. The molecule has 0 unspecified atom stereocenters. The second-order valence-electron chi connectivity index (χ2n) is 7.18. The van der Waals surface area contributed by atoms with Crippen molar-refractivity contribution in [1.29, 1.82) is 0 Å². The van der Waals surface area contributed by atoms with Crippen molar-refractivity contribution in [3.05, 3.63) is 45.6 Å². The lowest BCUT2D eigenvalue weighted by Crippen LogP contribution is -2.29. The number of fused-ring (bicyclic) bond motifs is 1. The highest BCUT2D eigenvalue weighted by atomic mass is 32.2. The van der Waals surface area contributed by atoms with E-state index in [1.54, 1.807) is 0 Å². The summed E-state index contributed by atoms with van der Waals surface area (Å²) in [6.45, 7) is 3.67. The van der Waals surface area contributed by atoms with Crippen LogP contribution in [0.25, 0.3) is 0 Å². The number of rotatable bonds is 6. The number of primary sulfonamides is 1. The van der Waals surface area contributed by atoms with Crippen LogP contribution in [0.5, 0.6) is 0 Å². The number of thiophene rings is 1. The second kappa shape index (κ2) is 8.64. The van der Waals surface area contributed by atoms with E-state index in [0.29, 0.717) is 16.5 Å². The average Bonchev–Trinajstić information content (AvgIpc) is 3.11. The molecule has 1 amide bonds. The van der Waals surface area contributed by atoms with Gasteiger partial charge >= 0.3 is 5.97 Å². The molecule has 3 rings (SSSR count). The van der Waals surface area contributed by atoms with Gasteiger partial charge < -0.3 is 10.1 Å². The Morgan fingerprint density at radius 2 is 2.00 bits per heavy atom. The molecule has 3 N–H and O–H groups in total. The number of nitrogens with two attached hydrogens (primary N) is 1. The molecule has 0 saturated heterocycles. The van der Waals surface area contributed by atoms with E-state index in [1.165, 1.54) is 53.0 Å². The maximum absolute atomic E-state index is 12.5. The van der Waals surface area contributed by atoms with Crippen LogP contribution in [-0.4, -0.2) is 26.4 Å². The van der Waals surface area contributed by atoms with Crippen molar-refractivity contribution in [1.82, 2.24) is 0 Å². The molecule has 9 heteroatoms. The van der Waals surface area contributed by atoms with Crippen LogP contribution < -0.4 is 10.5 Å². The summed E-state index contributed by atoms with van der Waals surface area (Å²) < 4.78 is 27.9. The molecule has 0 spiro atoms. The van der Waals surface area contributed by atoms with Crippen LogP contribution in [-0.2, 0) is 32.4 Å². The van der Waals surface area contributed by atoms with Crippen molar-refractivity contribution in [3.8, 4) is 0 Å². The highest BCUT2D eigenvalue weighted by Gasteiger charge is 2.25. The first-order valence-corrected chi connectivity index (χ1v) is 11.8. The number of carbonyl (C=O) groups is 2. The molecule has 0 radical (unpaired) electrons. The molecule has 1 aliphatic rings. The van der Waals surface area contributed by atoms with Gasteiger partial charge in [0, 0.05) is 10.6 Å². The van der Waals surface area contributed by atoms with Gasteiger partial charge in [-0.1, -0.05) is 13.3 Å². The van der Waals surface area contributed by atoms with Gasteiger partial charge in [0.15, 0.2) is 6.10 Å². The minimum absolute atomic E-state index is 0.0538. The maximum Gasteiger partial charge on any atom is 0.349 e. The summed E-state index contributed by atoms with van der Waals surface area (Å²) in [6, 6.07) is 7.32. The van der Waals surface area contributed by atoms with Gasteiger partial charge in [0.2, 0.25) is 10.0 Å². The normalized spacial score (nSPS) is 17.3. The van der Waals surface area contributed by atoms with Crippen molar-refractivity contribution in [2.24, 2.45) is 11.1 Å². The van der Waals surface area contributed by atoms with Crippen LogP contribution in [0.15, 0.2) is 35.2 Å². The standard InChI is InChI=1S/C20H24N2O5S2/c1-3-13-4-9-17-14(10-13)11-18(28-17)20(24)27-12(2)19(23)22-15-5-7-16(8-6-15)29(21,25)26/h5-8,11-13H,3-4,9-10H2,1-2H3,(H,22,23)(H2,21,25,26)/t12-,13+/m0/s1. The highest BCUT2D eigenvalue weighted by molar-refractivity contribution is 7.89. The molecule has 2 atom stereocenters. The van der Waals surface area contributed by atoms with Crippen molar-refractivity contribution < 1.29 is 22.7 Å². The van der Waals surface area contributed by atoms with E-state index in [1.807, 2.05) is 6.07 Å². The molecule has 29 heavy (non-hydrogen) atoms. The zero-order chi connectivity index (χ0) is 21.2. The van der Waals surface area contributed by atoms with Gasteiger partial charge in [-0.25, -0.2) is 18.4 Å². The van der Waals surface area contributed by atoms with Gasteiger partial charge in [-0.3, -0.25) is 4.79 Å². The number of anilines is 1. The van der Waals surface area contributed by atoms with E-state index in [9.17, 15) is 18.0 Å². The van der Waals surface area contributed by atoms with Crippen molar-refractivity contribution >= 4 is 38.9 Å². The Bertz CT molecular complexity index is 1010. The molecule has 2 aromatic rings. The third kappa shape index (κ3) is 5.23. The fraction of sp³-hybridized carbons (Fsp3) is 0.400. The number of sulfonamides is 1. The quantitative estimate of drug-likeness (QED) is 0.675. The van der Waals surface area contributed by atoms with Crippen molar-refractivity contribution in [2.45, 2.75) is 50.5 Å². The Balaban J connectivity index is 1.60. The lowest BCUT2D eigenvalue weighted by molar-refractivity contribution is -0.123. The first-order valence-electron chi connectivity index (χ1n) is 9.43. The van der Waals surface area contributed by atoms with E-state index >= 15 is 0 Å². The number of hydrogen-bond acceptors (Lipinski definition) is 6. The number of hydrogen-bond donors (Lipinski definition) is 2. The maximum atomic E-state index is 12.5.